The molecule has 0 radical (unpaired) electrons. The molecule has 4 nitrogen and oxygen atoms in total. The lowest BCUT2D eigenvalue weighted by Gasteiger charge is -2.28. The number of hydrogen-bond acceptors (Lipinski definition) is 4. The molecule has 0 aromatic heterocycles. The Balaban J connectivity index is 1.63. The molecular weight excluding hydrogens is 278 g/mol. The smallest absolute Gasteiger partial charge is 0.231 e. The minimum Gasteiger partial charge on any atom is -0.489 e. The third-order valence-electron chi connectivity index (χ3n) is 3.48. The summed E-state index contributed by atoms with van der Waals surface area (Å²) in [5.74, 6) is 2.36. The van der Waals surface area contributed by atoms with Crippen LogP contribution in [-0.4, -0.2) is 13.4 Å². The van der Waals surface area contributed by atoms with Crippen molar-refractivity contribution in [1.29, 1.82) is 0 Å². The highest BCUT2D eigenvalue weighted by Crippen LogP contribution is 2.39. The van der Waals surface area contributed by atoms with E-state index < -0.39 is 0 Å². The molecule has 0 aliphatic carbocycles. The van der Waals surface area contributed by atoms with Crippen LogP contribution < -0.4 is 19.5 Å². The molecule has 0 fully saturated rings. The SMILES string of the molecule is Clc1ccc2c(c1)OC[C@@H](c1ccc3c(c1)OCO3)N2. The summed E-state index contributed by atoms with van der Waals surface area (Å²) in [4.78, 5) is 0. The Kier molecular flexibility index (Phi) is 2.63. The second-order valence-electron chi connectivity index (χ2n) is 4.76. The van der Waals surface area contributed by atoms with Crippen molar-refractivity contribution in [1.82, 2.24) is 0 Å². The summed E-state index contributed by atoms with van der Waals surface area (Å²) in [5.41, 5.74) is 2.05. The summed E-state index contributed by atoms with van der Waals surface area (Å²) in [5, 5.41) is 4.12. The van der Waals surface area contributed by atoms with Crippen LogP contribution in [0, 0.1) is 0 Å². The van der Waals surface area contributed by atoms with Gasteiger partial charge < -0.3 is 19.5 Å². The lowest BCUT2D eigenvalue weighted by atomic mass is 10.0. The fourth-order valence-corrected chi connectivity index (χ4v) is 2.61. The fourth-order valence-electron chi connectivity index (χ4n) is 2.45. The van der Waals surface area contributed by atoms with E-state index in [-0.39, 0.29) is 12.8 Å². The molecule has 2 aromatic rings. The van der Waals surface area contributed by atoms with E-state index in [0.717, 1.165) is 28.5 Å². The van der Waals surface area contributed by atoms with Gasteiger partial charge in [0.05, 0.1) is 11.7 Å². The van der Waals surface area contributed by atoms with Gasteiger partial charge in [0, 0.05) is 11.1 Å². The van der Waals surface area contributed by atoms with E-state index in [0.29, 0.717) is 11.6 Å². The van der Waals surface area contributed by atoms with Gasteiger partial charge in [-0.3, -0.25) is 0 Å². The van der Waals surface area contributed by atoms with Crippen molar-refractivity contribution in [3.05, 3.63) is 47.0 Å². The van der Waals surface area contributed by atoms with Crippen LogP contribution in [0.15, 0.2) is 36.4 Å². The molecular formula is C15H12ClNO3. The van der Waals surface area contributed by atoms with E-state index in [2.05, 4.69) is 5.32 Å². The van der Waals surface area contributed by atoms with Gasteiger partial charge in [-0.15, -0.1) is 0 Å². The highest BCUT2D eigenvalue weighted by atomic mass is 35.5. The van der Waals surface area contributed by atoms with Crippen LogP contribution in [0.5, 0.6) is 17.2 Å². The molecule has 1 atom stereocenters. The van der Waals surface area contributed by atoms with Crippen molar-refractivity contribution in [3.8, 4) is 17.2 Å². The average molecular weight is 290 g/mol. The van der Waals surface area contributed by atoms with E-state index in [1.54, 1.807) is 0 Å². The van der Waals surface area contributed by atoms with Gasteiger partial charge in [0.15, 0.2) is 11.5 Å². The monoisotopic (exact) mass is 289 g/mol. The molecule has 20 heavy (non-hydrogen) atoms. The molecule has 4 rings (SSSR count). The topological polar surface area (TPSA) is 39.7 Å². The maximum absolute atomic E-state index is 5.96. The molecule has 2 aromatic carbocycles. The highest BCUT2D eigenvalue weighted by molar-refractivity contribution is 6.30. The van der Waals surface area contributed by atoms with Crippen LogP contribution in [0.4, 0.5) is 5.69 Å². The molecule has 2 heterocycles. The van der Waals surface area contributed by atoms with Gasteiger partial charge in [-0.25, -0.2) is 0 Å². The van der Waals surface area contributed by atoms with Crippen LogP contribution in [0.1, 0.15) is 11.6 Å². The molecule has 5 heteroatoms. The predicted molar refractivity (Wildman–Crippen MR) is 75.9 cm³/mol. The summed E-state index contributed by atoms with van der Waals surface area (Å²) in [6, 6.07) is 11.6. The first-order chi connectivity index (χ1) is 9.79. The van der Waals surface area contributed by atoms with Gasteiger partial charge >= 0.3 is 0 Å². The first kappa shape index (κ1) is 11.7. The molecule has 102 valence electrons. The third kappa shape index (κ3) is 1.93. The van der Waals surface area contributed by atoms with Crippen LogP contribution in [0.3, 0.4) is 0 Å². The molecule has 0 bridgehead atoms. The van der Waals surface area contributed by atoms with Crippen LogP contribution in [0.25, 0.3) is 0 Å². The van der Waals surface area contributed by atoms with Crippen molar-refractivity contribution < 1.29 is 14.2 Å². The number of rotatable bonds is 1. The van der Waals surface area contributed by atoms with Crippen molar-refractivity contribution in [2.45, 2.75) is 6.04 Å². The Morgan fingerprint density at radius 1 is 0.950 bits per heavy atom. The van der Waals surface area contributed by atoms with Gasteiger partial charge in [0.2, 0.25) is 6.79 Å². The Morgan fingerprint density at radius 3 is 2.80 bits per heavy atom. The van der Waals surface area contributed by atoms with Crippen molar-refractivity contribution in [2.24, 2.45) is 0 Å². The summed E-state index contributed by atoms with van der Waals surface area (Å²) < 4.78 is 16.5. The molecule has 0 spiro atoms. The molecule has 0 amide bonds. The van der Waals surface area contributed by atoms with Gasteiger partial charge in [0.1, 0.15) is 12.4 Å². The fraction of sp³-hybridized carbons (Fsp3) is 0.200. The van der Waals surface area contributed by atoms with E-state index >= 15 is 0 Å². The van der Waals surface area contributed by atoms with Crippen LogP contribution in [-0.2, 0) is 0 Å². The van der Waals surface area contributed by atoms with Crippen molar-refractivity contribution in [2.75, 3.05) is 18.7 Å². The van der Waals surface area contributed by atoms with Crippen molar-refractivity contribution >= 4 is 17.3 Å². The lowest BCUT2D eigenvalue weighted by molar-refractivity contribution is 0.174. The summed E-state index contributed by atoms with van der Waals surface area (Å²) in [7, 11) is 0. The summed E-state index contributed by atoms with van der Waals surface area (Å²) in [6.45, 7) is 0.835. The van der Waals surface area contributed by atoms with Gasteiger partial charge in [-0.2, -0.15) is 0 Å². The number of anilines is 1. The minimum absolute atomic E-state index is 0.0816. The molecule has 0 saturated heterocycles. The Morgan fingerprint density at radius 2 is 1.85 bits per heavy atom. The maximum atomic E-state index is 5.96. The second-order valence-corrected chi connectivity index (χ2v) is 5.20. The first-order valence-electron chi connectivity index (χ1n) is 6.38. The molecule has 0 saturated carbocycles. The zero-order chi connectivity index (χ0) is 13.5. The molecule has 0 unspecified atom stereocenters. The normalized spacial score (nSPS) is 18.9. The van der Waals surface area contributed by atoms with Gasteiger partial charge in [-0.05, 0) is 29.8 Å². The third-order valence-corrected chi connectivity index (χ3v) is 3.71. The number of nitrogens with one attached hydrogen (secondary N) is 1. The zero-order valence-electron chi connectivity index (χ0n) is 10.6. The maximum Gasteiger partial charge on any atom is 0.231 e. The Labute approximate surface area is 121 Å². The number of fused-ring (bicyclic) bond motifs is 2. The van der Waals surface area contributed by atoms with Crippen LogP contribution in [0.2, 0.25) is 5.02 Å². The largest absolute Gasteiger partial charge is 0.489 e. The number of ether oxygens (including phenoxy) is 3. The lowest BCUT2D eigenvalue weighted by Crippen LogP contribution is -2.23. The van der Waals surface area contributed by atoms with Crippen molar-refractivity contribution in [3.63, 3.8) is 0 Å². The predicted octanol–water partition coefficient (Wildman–Crippen LogP) is 3.61. The van der Waals surface area contributed by atoms with E-state index in [1.807, 2.05) is 36.4 Å². The number of benzene rings is 2. The number of hydrogen-bond donors (Lipinski definition) is 1. The van der Waals surface area contributed by atoms with E-state index in [9.17, 15) is 0 Å². The Hall–Kier alpha value is -2.07. The summed E-state index contributed by atoms with van der Waals surface area (Å²) >= 11 is 5.96. The minimum atomic E-state index is 0.0816. The molecule has 2 aliphatic rings. The highest BCUT2D eigenvalue weighted by Gasteiger charge is 2.23. The van der Waals surface area contributed by atoms with Gasteiger partial charge in [-0.1, -0.05) is 17.7 Å². The van der Waals surface area contributed by atoms with E-state index in [4.69, 9.17) is 25.8 Å². The first-order valence-corrected chi connectivity index (χ1v) is 6.76. The number of halogens is 1. The molecule has 2 aliphatic heterocycles. The second kappa shape index (κ2) is 4.49. The van der Waals surface area contributed by atoms with Crippen LogP contribution >= 0.6 is 11.6 Å². The zero-order valence-corrected chi connectivity index (χ0v) is 11.3. The standard InChI is InChI=1S/C15H12ClNO3/c16-10-2-3-11-14(6-10)18-7-12(17-11)9-1-4-13-15(5-9)20-8-19-13/h1-6,12,17H,7-8H2/t12-/m0/s1. The quantitative estimate of drug-likeness (QED) is 0.870. The molecule has 1 N–H and O–H groups in total. The van der Waals surface area contributed by atoms with Gasteiger partial charge in [0.25, 0.3) is 0 Å². The van der Waals surface area contributed by atoms with E-state index in [1.165, 1.54) is 0 Å². The summed E-state index contributed by atoms with van der Waals surface area (Å²) in [6.07, 6.45) is 0. The Bertz CT molecular complexity index is 674. The average Bonchev–Trinajstić information content (AvgIpc) is 2.94.